The Balaban J connectivity index is 2.37. The van der Waals surface area contributed by atoms with Gasteiger partial charge in [-0.25, -0.2) is 0 Å². The lowest BCUT2D eigenvalue weighted by molar-refractivity contribution is 0.0291. The average Bonchev–Trinajstić information content (AvgIpc) is 2.80. The molecule has 1 heterocycles. The molecule has 0 bridgehead atoms. The van der Waals surface area contributed by atoms with Gasteiger partial charge in [-0.2, -0.15) is 0 Å². The second-order valence-corrected chi connectivity index (χ2v) is 5.47. The fourth-order valence-corrected chi connectivity index (χ4v) is 3.90. The van der Waals surface area contributed by atoms with E-state index in [0.717, 1.165) is 26.3 Å². The molecule has 2 rings (SSSR count). The predicted molar refractivity (Wildman–Crippen MR) is 81.4 cm³/mol. The van der Waals surface area contributed by atoms with Gasteiger partial charge in [0.2, 0.25) is 0 Å². The van der Waals surface area contributed by atoms with E-state index in [1.54, 1.807) is 22.3 Å². The largest absolute Gasteiger partial charge is 0.379 e. The standard InChI is InChI=1S/C17H29NO/c1-5-13-14(6-2)16(8-4)17(15(13)7-3)18-9-11-19-12-10-18/h17H,5-12H2,1-4H3. The van der Waals surface area contributed by atoms with E-state index >= 15 is 0 Å². The molecular weight excluding hydrogens is 234 g/mol. The van der Waals surface area contributed by atoms with Gasteiger partial charge in [0.05, 0.1) is 19.3 Å². The molecule has 19 heavy (non-hydrogen) atoms. The highest BCUT2D eigenvalue weighted by Gasteiger charge is 2.34. The molecule has 0 aromatic heterocycles. The van der Waals surface area contributed by atoms with Gasteiger partial charge in [0.15, 0.2) is 0 Å². The monoisotopic (exact) mass is 263 g/mol. The van der Waals surface area contributed by atoms with E-state index in [1.165, 1.54) is 25.7 Å². The first-order valence-electron chi connectivity index (χ1n) is 8.04. The Labute approximate surface area is 118 Å². The minimum Gasteiger partial charge on any atom is -0.379 e. The second-order valence-electron chi connectivity index (χ2n) is 5.47. The summed E-state index contributed by atoms with van der Waals surface area (Å²) in [6.45, 7) is 13.2. The van der Waals surface area contributed by atoms with Crippen molar-refractivity contribution in [3.8, 4) is 0 Å². The number of allylic oxidation sites excluding steroid dienone is 2. The maximum Gasteiger partial charge on any atom is 0.0594 e. The summed E-state index contributed by atoms with van der Waals surface area (Å²) >= 11 is 0. The van der Waals surface area contributed by atoms with Crippen LogP contribution in [0, 0.1) is 0 Å². The third-order valence-electron chi connectivity index (χ3n) is 4.68. The van der Waals surface area contributed by atoms with Crippen molar-refractivity contribution in [3.05, 3.63) is 22.3 Å². The summed E-state index contributed by atoms with van der Waals surface area (Å²) < 4.78 is 5.53. The van der Waals surface area contributed by atoms with E-state index in [-0.39, 0.29) is 0 Å². The van der Waals surface area contributed by atoms with Gasteiger partial charge < -0.3 is 4.74 Å². The van der Waals surface area contributed by atoms with E-state index in [0.29, 0.717) is 6.04 Å². The van der Waals surface area contributed by atoms with Crippen LogP contribution in [-0.4, -0.2) is 37.2 Å². The van der Waals surface area contributed by atoms with Gasteiger partial charge in [-0.05, 0) is 48.0 Å². The molecular formula is C17H29NO. The first kappa shape index (κ1) is 14.8. The van der Waals surface area contributed by atoms with Crippen molar-refractivity contribution >= 4 is 0 Å². The molecule has 2 heteroatoms. The van der Waals surface area contributed by atoms with E-state index in [4.69, 9.17) is 4.74 Å². The Morgan fingerprint density at radius 3 is 1.68 bits per heavy atom. The highest BCUT2D eigenvalue weighted by Crippen LogP contribution is 2.41. The van der Waals surface area contributed by atoms with Gasteiger partial charge in [-0.15, -0.1) is 0 Å². The molecule has 0 atom stereocenters. The van der Waals surface area contributed by atoms with Gasteiger partial charge in [-0.1, -0.05) is 27.7 Å². The lowest BCUT2D eigenvalue weighted by Gasteiger charge is -2.35. The summed E-state index contributed by atoms with van der Waals surface area (Å²) in [6, 6.07) is 0.587. The zero-order valence-electron chi connectivity index (χ0n) is 13.1. The van der Waals surface area contributed by atoms with Crippen LogP contribution in [0.15, 0.2) is 22.3 Å². The van der Waals surface area contributed by atoms with Crippen LogP contribution in [-0.2, 0) is 4.74 Å². The van der Waals surface area contributed by atoms with Crippen molar-refractivity contribution < 1.29 is 4.74 Å². The van der Waals surface area contributed by atoms with E-state index in [1.807, 2.05) is 0 Å². The van der Waals surface area contributed by atoms with Gasteiger partial charge in [0.1, 0.15) is 0 Å². The highest BCUT2D eigenvalue weighted by atomic mass is 16.5. The molecule has 2 aliphatic rings. The summed E-state index contributed by atoms with van der Waals surface area (Å²) in [4.78, 5) is 2.65. The number of hydrogen-bond acceptors (Lipinski definition) is 2. The minimum absolute atomic E-state index is 0.587. The molecule has 108 valence electrons. The smallest absolute Gasteiger partial charge is 0.0594 e. The maximum absolute atomic E-state index is 5.53. The van der Waals surface area contributed by atoms with Crippen molar-refractivity contribution in [3.63, 3.8) is 0 Å². The van der Waals surface area contributed by atoms with E-state index in [2.05, 4.69) is 32.6 Å². The lowest BCUT2D eigenvalue weighted by atomic mass is 9.97. The molecule has 0 amide bonds. The summed E-state index contributed by atoms with van der Waals surface area (Å²) in [5.74, 6) is 0. The van der Waals surface area contributed by atoms with Crippen molar-refractivity contribution in [2.75, 3.05) is 26.3 Å². The van der Waals surface area contributed by atoms with Crippen molar-refractivity contribution in [2.24, 2.45) is 0 Å². The highest BCUT2D eigenvalue weighted by molar-refractivity contribution is 5.52. The molecule has 0 unspecified atom stereocenters. The zero-order valence-corrected chi connectivity index (χ0v) is 13.1. The van der Waals surface area contributed by atoms with Crippen LogP contribution in [0.5, 0.6) is 0 Å². The van der Waals surface area contributed by atoms with Crippen molar-refractivity contribution in [1.29, 1.82) is 0 Å². The number of ether oxygens (including phenoxy) is 1. The summed E-state index contributed by atoms with van der Waals surface area (Å²) in [7, 11) is 0. The van der Waals surface area contributed by atoms with Crippen molar-refractivity contribution in [2.45, 2.75) is 59.4 Å². The summed E-state index contributed by atoms with van der Waals surface area (Å²) in [5.41, 5.74) is 6.72. The molecule has 0 aromatic carbocycles. The van der Waals surface area contributed by atoms with Gasteiger partial charge in [0.25, 0.3) is 0 Å². The van der Waals surface area contributed by atoms with Crippen LogP contribution in [0.3, 0.4) is 0 Å². The second kappa shape index (κ2) is 6.71. The zero-order chi connectivity index (χ0) is 13.8. The first-order valence-corrected chi connectivity index (χ1v) is 8.04. The van der Waals surface area contributed by atoms with E-state index < -0.39 is 0 Å². The van der Waals surface area contributed by atoms with Gasteiger partial charge >= 0.3 is 0 Å². The van der Waals surface area contributed by atoms with Crippen LogP contribution < -0.4 is 0 Å². The van der Waals surface area contributed by atoms with Crippen LogP contribution in [0.1, 0.15) is 53.4 Å². The Morgan fingerprint density at radius 2 is 1.32 bits per heavy atom. The van der Waals surface area contributed by atoms with Crippen LogP contribution in [0.2, 0.25) is 0 Å². The Kier molecular flexibility index (Phi) is 5.23. The number of rotatable bonds is 5. The third-order valence-corrected chi connectivity index (χ3v) is 4.68. The molecule has 0 saturated carbocycles. The fraction of sp³-hybridized carbons (Fsp3) is 0.765. The van der Waals surface area contributed by atoms with Gasteiger partial charge in [-0.3, -0.25) is 4.90 Å². The molecule has 1 fully saturated rings. The van der Waals surface area contributed by atoms with E-state index in [9.17, 15) is 0 Å². The topological polar surface area (TPSA) is 12.5 Å². The van der Waals surface area contributed by atoms with Crippen LogP contribution >= 0.6 is 0 Å². The first-order chi connectivity index (χ1) is 9.28. The maximum atomic E-state index is 5.53. The quantitative estimate of drug-likeness (QED) is 0.745. The fourth-order valence-electron chi connectivity index (χ4n) is 3.90. The SMILES string of the molecule is CCC1=C(CC)C(N2CCOCC2)C(CC)=C1CC. The minimum atomic E-state index is 0.587. The third kappa shape index (κ3) is 2.66. The molecule has 0 radical (unpaired) electrons. The number of nitrogens with zero attached hydrogens (tertiary/aromatic N) is 1. The Bertz CT molecular complexity index is 347. The Hall–Kier alpha value is -0.600. The number of hydrogen-bond donors (Lipinski definition) is 0. The molecule has 0 aromatic rings. The van der Waals surface area contributed by atoms with Crippen LogP contribution in [0.4, 0.5) is 0 Å². The number of morpholine rings is 1. The predicted octanol–water partition coefficient (Wildman–Crippen LogP) is 3.93. The summed E-state index contributed by atoms with van der Waals surface area (Å²) in [6.07, 6.45) is 4.77. The van der Waals surface area contributed by atoms with Crippen molar-refractivity contribution in [1.82, 2.24) is 4.90 Å². The molecule has 0 spiro atoms. The molecule has 1 aliphatic carbocycles. The normalized spacial score (nSPS) is 22.7. The lowest BCUT2D eigenvalue weighted by Crippen LogP contribution is -2.44. The molecule has 0 N–H and O–H groups in total. The summed E-state index contributed by atoms with van der Waals surface area (Å²) in [5, 5.41) is 0. The molecule has 1 saturated heterocycles. The molecule has 2 nitrogen and oxygen atoms in total. The average molecular weight is 263 g/mol. The molecule has 1 aliphatic heterocycles. The Morgan fingerprint density at radius 1 is 0.842 bits per heavy atom. The van der Waals surface area contributed by atoms with Crippen LogP contribution in [0.25, 0.3) is 0 Å². The van der Waals surface area contributed by atoms with Gasteiger partial charge in [0, 0.05) is 13.1 Å².